The number of hydrogen-bond acceptors (Lipinski definition) is 2. The second-order valence-electron chi connectivity index (χ2n) is 4.25. The van der Waals surface area contributed by atoms with E-state index in [-0.39, 0.29) is 0 Å². The standard InChI is InChI=1S/C16H11NO2/c18-16(19)15-8-7-12(11-4-3-9-17-10-11)13-5-1-2-6-14(13)15/h1-10H,(H,18,19). The first-order valence-electron chi connectivity index (χ1n) is 5.93. The molecule has 3 nitrogen and oxygen atoms in total. The number of hydrogen-bond donors (Lipinski definition) is 1. The highest BCUT2D eigenvalue weighted by molar-refractivity contribution is 6.08. The van der Waals surface area contributed by atoms with Gasteiger partial charge in [0.1, 0.15) is 0 Å². The fraction of sp³-hybridized carbons (Fsp3) is 0. The van der Waals surface area contributed by atoms with Crippen LogP contribution in [0.15, 0.2) is 60.9 Å². The molecule has 0 unspecified atom stereocenters. The third-order valence-electron chi connectivity index (χ3n) is 3.13. The van der Waals surface area contributed by atoms with Crippen molar-refractivity contribution in [2.45, 2.75) is 0 Å². The summed E-state index contributed by atoms with van der Waals surface area (Å²) in [6.45, 7) is 0. The molecule has 0 saturated heterocycles. The lowest BCUT2D eigenvalue weighted by molar-refractivity contribution is 0.0699. The van der Waals surface area contributed by atoms with Crippen molar-refractivity contribution in [2.24, 2.45) is 0 Å². The van der Waals surface area contributed by atoms with Gasteiger partial charge in [0.15, 0.2) is 0 Å². The lowest BCUT2D eigenvalue weighted by Gasteiger charge is -2.08. The predicted octanol–water partition coefficient (Wildman–Crippen LogP) is 3.60. The summed E-state index contributed by atoms with van der Waals surface area (Å²) >= 11 is 0. The second kappa shape index (κ2) is 4.53. The summed E-state index contributed by atoms with van der Waals surface area (Å²) in [7, 11) is 0. The molecule has 92 valence electrons. The Hall–Kier alpha value is -2.68. The molecule has 0 fully saturated rings. The Labute approximate surface area is 110 Å². The van der Waals surface area contributed by atoms with Crippen LogP contribution in [0.1, 0.15) is 10.4 Å². The highest BCUT2D eigenvalue weighted by Gasteiger charge is 2.11. The molecule has 3 heteroatoms. The van der Waals surface area contributed by atoms with Gasteiger partial charge in [0, 0.05) is 18.0 Å². The zero-order valence-electron chi connectivity index (χ0n) is 10.1. The van der Waals surface area contributed by atoms with Crippen LogP contribution in [0.25, 0.3) is 21.9 Å². The number of carboxylic acid groups (broad SMARTS) is 1. The minimum Gasteiger partial charge on any atom is -0.478 e. The number of carbonyl (C=O) groups is 1. The molecule has 0 bridgehead atoms. The van der Waals surface area contributed by atoms with Gasteiger partial charge in [0.25, 0.3) is 0 Å². The number of benzene rings is 2. The van der Waals surface area contributed by atoms with Crippen molar-refractivity contribution in [1.82, 2.24) is 4.98 Å². The topological polar surface area (TPSA) is 50.2 Å². The third-order valence-corrected chi connectivity index (χ3v) is 3.13. The van der Waals surface area contributed by atoms with Crippen molar-refractivity contribution in [1.29, 1.82) is 0 Å². The Morgan fingerprint density at radius 1 is 0.947 bits per heavy atom. The van der Waals surface area contributed by atoms with Crippen molar-refractivity contribution >= 4 is 16.7 Å². The van der Waals surface area contributed by atoms with E-state index in [0.717, 1.165) is 21.9 Å². The van der Waals surface area contributed by atoms with E-state index in [1.165, 1.54) is 0 Å². The van der Waals surface area contributed by atoms with Crippen LogP contribution in [0.5, 0.6) is 0 Å². The van der Waals surface area contributed by atoms with Crippen LogP contribution < -0.4 is 0 Å². The molecule has 0 aliphatic heterocycles. The van der Waals surface area contributed by atoms with Crippen molar-refractivity contribution in [3.8, 4) is 11.1 Å². The molecular weight excluding hydrogens is 238 g/mol. The molecule has 0 aliphatic carbocycles. The first kappa shape index (κ1) is 11.4. The fourth-order valence-electron chi connectivity index (χ4n) is 2.26. The highest BCUT2D eigenvalue weighted by Crippen LogP contribution is 2.30. The number of fused-ring (bicyclic) bond motifs is 1. The van der Waals surface area contributed by atoms with Gasteiger partial charge >= 0.3 is 5.97 Å². The van der Waals surface area contributed by atoms with Gasteiger partial charge in [-0.05, 0) is 28.5 Å². The second-order valence-corrected chi connectivity index (χ2v) is 4.25. The maximum Gasteiger partial charge on any atom is 0.336 e. The molecule has 1 heterocycles. The summed E-state index contributed by atoms with van der Waals surface area (Å²) < 4.78 is 0. The molecule has 2 aromatic carbocycles. The molecule has 19 heavy (non-hydrogen) atoms. The summed E-state index contributed by atoms with van der Waals surface area (Å²) in [5, 5.41) is 10.9. The molecule has 0 amide bonds. The molecular formula is C16H11NO2. The van der Waals surface area contributed by atoms with E-state index in [0.29, 0.717) is 5.56 Å². The summed E-state index contributed by atoms with van der Waals surface area (Å²) in [5.74, 6) is -0.908. The lowest BCUT2D eigenvalue weighted by atomic mass is 9.96. The minimum atomic E-state index is -0.908. The largest absolute Gasteiger partial charge is 0.478 e. The van der Waals surface area contributed by atoms with Crippen LogP contribution >= 0.6 is 0 Å². The van der Waals surface area contributed by atoms with Gasteiger partial charge in [-0.25, -0.2) is 4.79 Å². The number of pyridine rings is 1. The molecule has 3 aromatic rings. The number of carboxylic acids is 1. The quantitative estimate of drug-likeness (QED) is 0.754. The Bertz CT molecular complexity index is 751. The Morgan fingerprint density at radius 2 is 1.74 bits per heavy atom. The zero-order valence-corrected chi connectivity index (χ0v) is 10.1. The van der Waals surface area contributed by atoms with Crippen LogP contribution in [0.3, 0.4) is 0 Å². The van der Waals surface area contributed by atoms with Crippen LogP contribution in [-0.4, -0.2) is 16.1 Å². The molecule has 1 N–H and O–H groups in total. The van der Waals surface area contributed by atoms with E-state index >= 15 is 0 Å². The first-order valence-corrected chi connectivity index (χ1v) is 5.93. The highest BCUT2D eigenvalue weighted by atomic mass is 16.4. The Balaban J connectivity index is 2.35. The fourth-order valence-corrected chi connectivity index (χ4v) is 2.26. The Morgan fingerprint density at radius 3 is 2.42 bits per heavy atom. The van der Waals surface area contributed by atoms with Gasteiger partial charge < -0.3 is 5.11 Å². The van der Waals surface area contributed by atoms with Gasteiger partial charge in [-0.3, -0.25) is 4.98 Å². The van der Waals surface area contributed by atoms with Crippen LogP contribution in [0, 0.1) is 0 Å². The molecule has 0 aliphatic rings. The number of aromatic nitrogens is 1. The van der Waals surface area contributed by atoms with Crippen LogP contribution in [0.4, 0.5) is 0 Å². The Kier molecular flexibility index (Phi) is 2.72. The predicted molar refractivity (Wildman–Crippen MR) is 74.1 cm³/mol. The number of rotatable bonds is 2. The van der Waals surface area contributed by atoms with Crippen molar-refractivity contribution in [2.75, 3.05) is 0 Å². The van der Waals surface area contributed by atoms with Gasteiger partial charge in [0.05, 0.1) is 5.56 Å². The average Bonchev–Trinajstić information content (AvgIpc) is 2.47. The molecule has 0 spiro atoms. The van der Waals surface area contributed by atoms with Crippen LogP contribution in [-0.2, 0) is 0 Å². The van der Waals surface area contributed by atoms with E-state index in [4.69, 9.17) is 0 Å². The van der Waals surface area contributed by atoms with Crippen LogP contribution in [0.2, 0.25) is 0 Å². The van der Waals surface area contributed by atoms with E-state index in [1.807, 2.05) is 42.5 Å². The third kappa shape index (κ3) is 1.95. The van der Waals surface area contributed by atoms with Gasteiger partial charge in [-0.15, -0.1) is 0 Å². The van der Waals surface area contributed by atoms with Gasteiger partial charge in [0.2, 0.25) is 0 Å². The van der Waals surface area contributed by atoms with Crippen molar-refractivity contribution < 1.29 is 9.90 Å². The SMILES string of the molecule is O=C(O)c1ccc(-c2cccnc2)c2ccccc12. The molecule has 0 saturated carbocycles. The van der Waals surface area contributed by atoms with Gasteiger partial charge in [-0.2, -0.15) is 0 Å². The molecule has 0 atom stereocenters. The van der Waals surface area contributed by atoms with E-state index in [2.05, 4.69) is 4.98 Å². The maximum absolute atomic E-state index is 11.3. The molecule has 3 rings (SSSR count). The minimum absolute atomic E-state index is 0.322. The molecule has 0 radical (unpaired) electrons. The van der Waals surface area contributed by atoms with Crippen molar-refractivity contribution in [3.63, 3.8) is 0 Å². The van der Waals surface area contributed by atoms with E-state index in [1.54, 1.807) is 18.5 Å². The van der Waals surface area contributed by atoms with E-state index < -0.39 is 5.97 Å². The first-order chi connectivity index (χ1) is 9.27. The number of aromatic carboxylic acids is 1. The number of nitrogens with zero attached hydrogens (tertiary/aromatic N) is 1. The molecule has 1 aromatic heterocycles. The normalized spacial score (nSPS) is 10.5. The van der Waals surface area contributed by atoms with E-state index in [9.17, 15) is 9.90 Å². The van der Waals surface area contributed by atoms with Crippen molar-refractivity contribution in [3.05, 3.63) is 66.5 Å². The summed E-state index contributed by atoms with van der Waals surface area (Å²) in [6, 6.07) is 14.8. The summed E-state index contributed by atoms with van der Waals surface area (Å²) in [6.07, 6.45) is 3.50. The summed E-state index contributed by atoms with van der Waals surface area (Å²) in [5.41, 5.74) is 2.30. The smallest absolute Gasteiger partial charge is 0.336 e. The zero-order chi connectivity index (χ0) is 13.2. The van der Waals surface area contributed by atoms with Gasteiger partial charge in [-0.1, -0.05) is 36.4 Å². The lowest BCUT2D eigenvalue weighted by Crippen LogP contribution is -1.98. The monoisotopic (exact) mass is 249 g/mol. The average molecular weight is 249 g/mol. The maximum atomic E-state index is 11.3. The summed E-state index contributed by atoms with van der Waals surface area (Å²) in [4.78, 5) is 15.4.